The first-order chi connectivity index (χ1) is 9.37. The fourth-order valence-corrected chi connectivity index (χ4v) is 1.73. The van der Waals surface area contributed by atoms with Crippen molar-refractivity contribution in [3.05, 3.63) is 0 Å². The van der Waals surface area contributed by atoms with Gasteiger partial charge in [-0.1, -0.05) is 20.8 Å². The second-order valence-corrected chi connectivity index (χ2v) is 5.66. The van der Waals surface area contributed by atoms with Crippen LogP contribution in [0, 0.1) is 11.3 Å². The van der Waals surface area contributed by atoms with Gasteiger partial charge < -0.3 is 14.6 Å². The summed E-state index contributed by atoms with van der Waals surface area (Å²) in [4.78, 5) is 23.3. The average molecular weight is 288 g/mol. The zero-order valence-corrected chi connectivity index (χ0v) is 13.1. The molecule has 0 radical (unpaired) electrons. The van der Waals surface area contributed by atoms with Crippen molar-refractivity contribution in [2.24, 2.45) is 11.3 Å². The summed E-state index contributed by atoms with van der Waals surface area (Å²) in [5, 5.41) is 9.12. The molecule has 1 atom stereocenters. The van der Waals surface area contributed by atoms with Crippen LogP contribution in [0.4, 0.5) is 0 Å². The molecule has 0 aliphatic carbocycles. The van der Waals surface area contributed by atoms with Crippen LogP contribution in [0.15, 0.2) is 0 Å². The number of hydrogen-bond acceptors (Lipinski definition) is 5. The van der Waals surface area contributed by atoms with Crippen molar-refractivity contribution in [2.45, 2.75) is 53.4 Å². The van der Waals surface area contributed by atoms with E-state index in [1.54, 1.807) is 13.8 Å². The lowest BCUT2D eigenvalue weighted by Crippen LogP contribution is -2.27. The highest BCUT2D eigenvalue weighted by atomic mass is 16.6. The van der Waals surface area contributed by atoms with Gasteiger partial charge in [-0.15, -0.1) is 0 Å². The SMILES string of the molecule is CCOC(=O)C(CC)C(=O)OCCCCC(C)(C)CO. The predicted octanol–water partition coefficient (Wildman–Crippen LogP) is 2.31. The fourth-order valence-electron chi connectivity index (χ4n) is 1.73. The Morgan fingerprint density at radius 1 is 1.10 bits per heavy atom. The van der Waals surface area contributed by atoms with E-state index in [4.69, 9.17) is 14.6 Å². The lowest BCUT2D eigenvalue weighted by atomic mass is 9.88. The number of esters is 2. The topological polar surface area (TPSA) is 72.8 Å². The standard InChI is InChI=1S/C15H28O5/c1-5-12(13(17)19-6-2)14(18)20-10-8-7-9-15(3,4)11-16/h12,16H,5-11H2,1-4H3. The Morgan fingerprint density at radius 2 is 1.70 bits per heavy atom. The van der Waals surface area contributed by atoms with Gasteiger partial charge in [-0.2, -0.15) is 0 Å². The van der Waals surface area contributed by atoms with Crippen LogP contribution in [-0.4, -0.2) is 36.9 Å². The summed E-state index contributed by atoms with van der Waals surface area (Å²) >= 11 is 0. The third kappa shape index (κ3) is 7.48. The predicted molar refractivity (Wildman–Crippen MR) is 76.1 cm³/mol. The molecule has 5 nitrogen and oxygen atoms in total. The van der Waals surface area contributed by atoms with E-state index in [2.05, 4.69) is 0 Å². The number of aliphatic hydroxyl groups is 1. The number of carbonyl (C=O) groups is 2. The van der Waals surface area contributed by atoms with Crippen molar-refractivity contribution in [2.75, 3.05) is 19.8 Å². The zero-order valence-electron chi connectivity index (χ0n) is 13.1. The molecule has 0 rings (SSSR count). The largest absolute Gasteiger partial charge is 0.465 e. The molecule has 0 aromatic rings. The van der Waals surface area contributed by atoms with Gasteiger partial charge in [0.25, 0.3) is 0 Å². The van der Waals surface area contributed by atoms with Crippen molar-refractivity contribution in [3.8, 4) is 0 Å². The maximum atomic E-state index is 11.7. The van der Waals surface area contributed by atoms with Gasteiger partial charge in [-0.25, -0.2) is 0 Å². The Labute approximate surface area is 121 Å². The van der Waals surface area contributed by atoms with Crippen LogP contribution in [0.1, 0.15) is 53.4 Å². The second-order valence-electron chi connectivity index (χ2n) is 5.66. The van der Waals surface area contributed by atoms with Crippen LogP contribution in [0.2, 0.25) is 0 Å². The van der Waals surface area contributed by atoms with Crippen molar-refractivity contribution >= 4 is 11.9 Å². The third-order valence-electron chi connectivity index (χ3n) is 3.18. The molecule has 1 N–H and O–H groups in total. The molecule has 0 aliphatic heterocycles. The highest BCUT2D eigenvalue weighted by Crippen LogP contribution is 2.22. The molecule has 20 heavy (non-hydrogen) atoms. The minimum absolute atomic E-state index is 0.0963. The Bertz CT molecular complexity index is 299. The van der Waals surface area contributed by atoms with Crippen LogP contribution in [0.5, 0.6) is 0 Å². The molecular formula is C15H28O5. The number of rotatable bonds is 10. The zero-order chi connectivity index (χ0) is 15.6. The van der Waals surface area contributed by atoms with Crippen LogP contribution < -0.4 is 0 Å². The molecule has 5 heteroatoms. The molecular weight excluding hydrogens is 260 g/mol. The van der Waals surface area contributed by atoms with E-state index >= 15 is 0 Å². The summed E-state index contributed by atoms with van der Waals surface area (Å²) in [6.45, 7) is 8.16. The van der Waals surface area contributed by atoms with Gasteiger partial charge in [0.15, 0.2) is 5.92 Å². The lowest BCUT2D eigenvalue weighted by molar-refractivity contribution is -0.162. The third-order valence-corrected chi connectivity index (χ3v) is 3.18. The Balaban J connectivity index is 3.94. The van der Waals surface area contributed by atoms with Crippen molar-refractivity contribution in [1.82, 2.24) is 0 Å². The van der Waals surface area contributed by atoms with Gasteiger partial charge in [-0.3, -0.25) is 9.59 Å². The molecule has 0 aliphatic rings. The number of hydrogen-bond donors (Lipinski definition) is 1. The van der Waals surface area contributed by atoms with E-state index < -0.39 is 17.9 Å². The molecule has 0 saturated carbocycles. The average Bonchev–Trinajstić information content (AvgIpc) is 2.39. The van der Waals surface area contributed by atoms with Gasteiger partial charge >= 0.3 is 11.9 Å². The highest BCUT2D eigenvalue weighted by Gasteiger charge is 2.27. The van der Waals surface area contributed by atoms with Gasteiger partial charge in [0.1, 0.15) is 0 Å². The van der Waals surface area contributed by atoms with E-state index in [1.807, 2.05) is 13.8 Å². The maximum absolute atomic E-state index is 11.7. The first kappa shape index (κ1) is 18.9. The number of carbonyl (C=O) groups excluding carboxylic acids is 2. The molecule has 0 amide bonds. The van der Waals surface area contributed by atoms with E-state index in [9.17, 15) is 9.59 Å². The minimum Gasteiger partial charge on any atom is -0.465 e. The number of ether oxygens (including phenoxy) is 2. The molecule has 0 saturated heterocycles. The van der Waals surface area contributed by atoms with Crippen LogP contribution >= 0.6 is 0 Å². The number of unbranched alkanes of at least 4 members (excludes halogenated alkanes) is 1. The smallest absolute Gasteiger partial charge is 0.320 e. The summed E-state index contributed by atoms with van der Waals surface area (Å²) < 4.78 is 9.94. The molecule has 0 aromatic carbocycles. The van der Waals surface area contributed by atoms with Gasteiger partial charge in [0.2, 0.25) is 0 Å². The van der Waals surface area contributed by atoms with Crippen molar-refractivity contribution in [3.63, 3.8) is 0 Å². The molecule has 0 bridgehead atoms. The van der Waals surface area contributed by atoms with Gasteiger partial charge in [0, 0.05) is 6.61 Å². The number of aliphatic hydroxyl groups excluding tert-OH is 1. The monoisotopic (exact) mass is 288 g/mol. The van der Waals surface area contributed by atoms with Gasteiger partial charge in [0.05, 0.1) is 13.2 Å². The Kier molecular flexibility index (Phi) is 9.21. The normalized spacial score (nSPS) is 12.8. The summed E-state index contributed by atoms with van der Waals surface area (Å²) in [6.07, 6.45) is 2.86. The summed E-state index contributed by atoms with van der Waals surface area (Å²) in [5.74, 6) is -1.84. The molecule has 0 spiro atoms. The first-order valence-electron chi connectivity index (χ1n) is 7.32. The maximum Gasteiger partial charge on any atom is 0.320 e. The molecule has 1 unspecified atom stereocenters. The van der Waals surface area contributed by atoms with Gasteiger partial charge in [-0.05, 0) is 38.0 Å². The van der Waals surface area contributed by atoms with E-state index in [0.717, 1.165) is 19.3 Å². The Morgan fingerprint density at radius 3 is 2.20 bits per heavy atom. The fraction of sp³-hybridized carbons (Fsp3) is 0.867. The summed E-state index contributed by atoms with van der Waals surface area (Å²) in [6, 6.07) is 0. The summed E-state index contributed by atoms with van der Waals surface area (Å²) in [5.41, 5.74) is -0.0963. The van der Waals surface area contributed by atoms with E-state index in [-0.39, 0.29) is 18.6 Å². The lowest BCUT2D eigenvalue weighted by Gasteiger charge is -2.21. The van der Waals surface area contributed by atoms with E-state index in [0.29, 0.717) is 13.0 Å². The second kappa shape index (κ2) is 9.75. The van der Waals surface area contributed by atoms with Crippen LogP contribution in [-0.2, 0) is 19.1 Å². The molecule has 0 fully saturated rings. The first-order valence-corrected chi connectivity index (χ1v) is 7.32. The highest BCUT2D eigenvalue weighted by molar-refractivity contribution is 5.94. The van der Waals surface area contributed by atoms with Crippen molar-refractivity contribution in [1.29, 1.82) is 0 Å². The minimum atomic E-state index is -0.816. The molecule has 118 valence electrons. The van der Waals surface area contributed by atoms with Crippen LogP contribution in [0.25, 0.3) is 0 Å². The Hall–Kier alpha value is -1.10. The van der Waals surface area contributed by atoms with E-state index in [1.165, 1.54) is 0 Å². The molecule has 0 aromatic heterocycles. The summed E-state index contributed by atoms with van der Waals surface area (Å²) in [7, 11) is 0. The van der Waals surface area contributed by atoms with Crippen LogP contribution in [0.3, 0.4) is 0 Å². The quantitative estimate of drug-likeness (QED) is 0.379. The van der Waals surface area contributed by atoms with Crippen molar-refractivity contribution < 1.29 is 24.2 Å². The molecule has 0 heterocycles.